The van der Waals surface area contributed by atoms with Crippen molar-refractivity contribution in [3.63, 3.8) is 0 Å². The van der Waals surface area contributed by atoms with Crippen LogP contribution in [0.15, 0.2) is 24.3 Å². The molecular weight excluding hydrogens is 260 g/mol. The normalized spacial score (nSPS) is 14.6. The Kier molecular flexibility index (Phi) is 7.39. The molecule has 1 rings (SSSR count). The third-order valence-electron chi connectivity index (χ3n) is 3.11. The number of aliphatic hydroxyl groups excluding tert-OH is 1. The highest BCUT2D eigenvalue weighted by Crippen LogP contribution is 2.25. The molecule has 19 heavy (non-hydrogen) atoms. The Morgan fingerprint density at radius 1 is 1.37 bits per heavy atom. The summed E-state index contributed by atoms with van der Waals surface area (Å²) < 4.78 is 0. The van der Waals surface area contributed by atoms with E-state index in [-0.39, 0.29) is 12.1 Å². The molecule has 3 nitrogen and oxygen atoms in total. The lowest BCUT2D eigenvalue weighted by molar-refractivity contribution is 0.139. The smallest absolute Gasteiger partial charge is 0.0638 e. The van der Waals surface area contributed by atoms with Crippen LogP contribution in [0.4, 0.5) is 0 Å². The summed E-state index contributed by atoms with van der Waals surface area (Å²) >= 11 is 6.26. The lowest BCUT2D eigenvalue weighted by atomic mass is 10.0. The van der Waals surface area contributed by atoms with E-state index in [1.807, 2.05) is 32.2 Å². The van der Waals surface area contributed by atoms with Crippen LogP contribution in [0.1, 0.15) is 31.9 Å². The monoisotopic (exact) mass is 284 g/mol. The van der Waals surface area contributed by atoms with Crippen LogP contribution in [0, 0.1) is 0 Å². The highest BCUT2D eigenvalue weighted by Gasteiger charge is 2.14. The molecule has 0 aliphatic carbocycles. The number of nitrogens with zero attached hydrogens (tertiary/aromatic N) is 1. The summed E-state index contributed by atoms with van der Waals surface area (Å²) in [6.45, 7) is 6.45. The van der Waals surface area contributed by atoms with Gasteiger partial charge in [-0.3, -0.25) is 0 Å². The second-order valence-corrected chi connectivity index (χ2v) is 5.44. The number of hydrogen-bond acceptors (Lipinski definition) is 3. The summed E-state index contributed by atoms with van der Waals surface area (Å²) in [5, 5.41) is 13.7. The molecule has 0 heterocycles. The fraction of sp³-hybridized carbons (Fsp3) is 0.600. The number of benzene rings is 1. The van der Waals surface area contributed by atoms with Gasteiger partial charge in [-0.2, -0.15) is 0 Å². The highest BCUT2D eigenvalue weighted by molar-refractivity contribution is 6.31. The summed E-state index contributed by atoms with van der Waals surface area (Å²) in [6.07, 6.45) is 0.684. The van der Waals surface area contributed by atoms with E-state index in [1.54, 1.807) is 0 Å². The van der Waals surface area contributed by atoms with Crippen molar-refractivity contribution >= 4 is 11.6 Å². The molecule has 0 spiro atoms. The maximum Gasteiger partial charge on any atom is 0.0638 e. The average Bonchev–Trinajstić information content (AvgIpc) is 2.34. The van der Waals surface area contributed by atoms with E-state index < -0.39 is 0 Å². The molecule has 0 aliphatic heterocycles. The van der Waals surface area contributed by atoms with Crippen molar-refractivity contribution in [2.45, 2.75) is 32.4 Å². The van der Waals surface area contributed by atoms with E-state index in [2.05, 4.69) is 23.2 Å². The van der Waals surface area contributed by atoms with E-state index in [4.69, 9.17) is 11.6 Å². The molecular formula is C15H25ClN2O. The minimum Gasteiger partial charge on any atom is -0.392 e. The zero-order valence-electron chi connectivity index (χ0n) is 12.1. The van der Waals surface area contributed by atoms with Crippen molar-refractivity contribution in [3.8, 4) is 0 Å². The van der Waals surface area contributed by atoms with Crippen molar-refractivity contribution in [2.75, 3.05) is 26.7 Å². The van der Waals surface area contributed by atoms with E-state index in [0.29, 0.717) is 6.54 Å². The number of rotatable bonds is 8. The number of halogens is 1. The predicted molar refractivity (Wildman–Crippen MR) is 81.7 cm³/mol. The summed E-state index contributed by atoms with van der Waals surface area (Å²) in [6, 6.07) is 8.24. The molecule has 2 unspecified atom stereocenters. The van der Waals surface area contributed by atoms with Gasteiger partial charge in [-0.15, -0.1) is 0 Å². The van der Waals surface area contributed by atoms with Gasteiger partial charge in [0, 0.05) is 17.6 Å². The van der Waals surface area contributed by atoms with E-state index >= 15 is 0 Å². The van der Waals surface area contributed by atoms with Gasteiger partial charge in [0.25, 0.3) is 0 Å². The van der Waals surface area contributed by atoms with E-state index in [0.717, 1.165) is 30.1 Å². The molecule has 0 amide bonds. The van der Waals surface area contributed by atoms with Crippen molar-refractivity contribution in [1.29, 1.82) is 0 Å². The van der Waals surface area contributed by atoms with Crippen LogP contribution in [0.5, 0.6) is 0 Å². The molecule has 1 aromatic carbocycles. The van der Waals surface area contributed by atoms with Gasteiger partial charge in [-0.25, -0.2) is 0 Å². The second kappa shape index (κ2) is 8.54. The zero-order chi connectivity index (χ0) is 14.3. The molecule has 1 aromatic rings. The molecule has 0 radical (unpaired) electrons. The Morgan fingerprint density at radius 3 is 2.63 bits per heavy atom. The van der Waals surface area contributed by atoms with E-state index in [9.17, 15) is 5.11 Å². The third kappa shape index (κ3) is 5.91. The first kappa shape index (κ1) is 16.4. The Morgan fingerprint density at radius 2 is 2.05 bits per heavy atom. The maximum atomic E-state index is 9.37. The Hall–Kier alpha value is -0.610. The molecule has 0 fully saturated rings. The maximum absolute atomic E-state index is 9.37. The molecule has 0 aliphatic rings. The fourth-order valence-corrected chi connectivity index (χ4v) is 2.53. The topological polar surface area (TPSA) is 35.5 Å². The predicted octanol–water partition coefficient (Wildman–Crippen LogP) is 2.69. The zero-order valence-corrected chi connectivity index (χ0v) is 12.8. The van der Waals surface area contributed by atoms with Crippen LogP contribution in [0.2, 0.25) is 5.02 Å². The van der Waals surface area contributed by atoms with Crippen LogP contribution in [0.25, 0.3) is 0 Å². The highest BCUT2D eigenvalue weighted by atomic mass is 35.5. The Balaban J connectivity index is 2.61. The average molecular weight is 285 g/mol. The van der Waals surface area contributed by atoms with Gasteiger partial charge >= 0.3 is 0 Å². The van der Waals surface area contributed by atoms with Crippen molar-refractivity contribution < 1.29 is 5.11 Å². The third-order valence-corrected chi connectivity index (χ3v) is 3.45. The number of hydrogen-bond donors (Lipinski definition) is 2. The van der Waals surface area contributed by atoms with E-state index in [1.165, 1.54) is 0 Å². The first-order valence-electron chi connectivity index (χ1n) is 6.89. The van der Waals surface area contributed by atoms with Gasteiger partial charge in [-0.05, 0) is 45.1 Å². The van der Waals surface area contributed by atoms with Crippen LogP contribution in [-0.2, 0) is 0 Å². The minimum atomic E-state index is -0.289. The Bertz CT molecular complexity index is 371. The molecule has 0 saturated carbocycles. The number of aliphatic hydroxyl groups is 1. The molecule has 2 atom stereocenters. The largest absolute Gasteiger partial charge is 0.392 e. The van der Waals surface area contributed by atoms with Crippen LogP contribution in [0.3, 0.4) is 0 Å². The lowest BCUT2D eigenvalue weighted by Crippen LogP contribution is -2.31. The summed E-state index contributed by atoms with van der Waals surface area (Å²) in [7, 11) is 2.03. The first-order valence-corrected chi connectivity index (χ1v) is 7.26. The summed E-state index contributed by atoms with van der Waals surface area (Å²) in [4.78, 5) is 2.14. The molecule has 0 bridgehead atoms. The fourth-order valence-electron chi connectivity index (χ4n) is 2.26. The summed E-state index contributed by atoms with van der Waals surface area (Å²) in [5.41, 5.74) is 1.15. The summed E-state index contributed by atoms with van der Waals surface area (Å²) in [5.74, 6) is 0. The Labute approximate surface area is 121 Å². The van der Waals surface area contributed by atoms with Gasteiger partial charge in [0.2, 0.25) is 0 Å². The first-order chi connectivity index (χ1) is 9.04. The quantitative estimate of drug-likeness (QED) is 0.770. The number of nitrogens with one attached hydrogen (secondary N) is 1. The minimum absolute atomic E-state index is 0.259. The van der Waals surface area contributed by atoms with Crippen molar-refractivity contribution in [1.82, 2.24) is 10.2 Å². The van der Waals surface area contributed by atoms with Gasteiger partial charge < -0.3 is 15.3 Å². The molecule has 0 saturated heterocycles. The van der Waals surface area contributed by atoms with Gasteiger partial charge in [0.15, 0.2) is 0 Å². The molecule has 108 valence electrons. The molecule has 4 heteroatoms. The molecule has 2 N–H and O–H groups in total. The standard InChI is InChI=1S/C15H25ClN2O/c1-4-17-15(9-10-18(3)11-12(2)19)13-7-5-6-8-14(13)16/h5-8,12,15,17,19H,4,9-11H2,1-3H3. The van der Waals surface area contributed by atoms with Gasteiger partial charge in [0.1, 0.15) is 0 Å². The van der Waals surface area contributed by atoms with Crippen LogP contribution in [-0.4, -0.2) is 42.8 Å². The van der Waals surface area contributed by atoms with Gasteiger partial charge in [0.05, 0.1) is 6.10 Å². The lowest BCUT2D eigenvalue weighted by Gasteiger charge is -2.24. The van der Waals surface area contributed by atoms with Crippen LogP contribution >= 0.6 is 11.6 Å². The van der Waals surface area contributed by atoms with Crippen molar-refractivity contribution in [2.24, 2.45) is 0 Å². The second-order valence-electron chi connectivity index (χ2n) is 5.03. The number of likely N-dealkylation sites (N-methyl/N-ethyl adjacent to an activating group) is 1. The SMILES string of the molecule is CCNC(CCN(C)CC(C)O)c1ccccc1Cl. The van der Waals surface area contributed by atoms with Gasteiger partial charge in [-0.1, -0.05) is 36.7 Å². The van der Waals surface area contributed by atoms with Crippen molar-refractivity contribution in [3.05, 3.63) is 34.9 Å². The van der Waals surface area contributed by atoms with Crippen LogP contribution < -0.4 is 5.32 Å². The molecule has 0 aromatic heterocycles.